The Hall–Kier alpha value is -3.26. The highest BCUT2D eigenvalue weighted by Gasteiger charge is 2.21. The molecule has 4 aromatic rings. The highest BCUT2D eigenvalue weighted by molar-refractivity contribution is 7.17. The number of amides is 1. The van der Waals surface area contributed by atoms with Crippen molar-refractivity contribution < 1.29 is 9.53 Å². The molecule has 4 heterocycles. The Balaban J connectivity index is 1.34. The van der Waals surface area contributed by atoms with E-state index in [0.717, 1.165) is 48.0 Å². The van der Waals surface area contributed by atoms with Gasteiger partial charge in [-0.2, -0.15) is 0 Å². The molecule has 1 amide bonds. The highest BCUT2D eigenvalue weighted by Crippen LogP contribution is 2.27. The molecule has 1 aromatic carbocycles. The fraction of sp³-hybridized carbons (Fsp3) is 0.360. The number of carbonyl (C=O) groups is 1. The third-order valence-corrected chi connectivity index (χ3v) is 7.18. The molecule has 0 saturated carbocycles. The summed E-state index contributed by atoms with van der Waals surface area (Å²) < 4.78 is 7.11. The first-order chi connectivity index (χ1) is 16.0. The molecule has 0 aliphatic carbocycles. The van der Waals surface area contributed by atoms with Gasteiger partial charge in [0.1, 0.15) is 11.4 Å². The lowest BCUT2D eigenvalue weighted by molar-refractivity contribution is -0.130. The van der Waals surface area contributed by atoms with Gasteiger partial charge in [-0.05, 0) is 72.7 Å². The zero-order valence-corrected chi connectivity index (χ0v) is 19.6. The molecule has 1 aliphatic rings. The van der Waals surface area contributed by atoms with Crippen LogP contribution in [0.4, 0.5) is 0 Å². The van der Waals surface area contributed by atoms with Crippen LogP contribution < -0.4 is 10.3 Å². The number of nitrogens with one attached hydrogen (secondary N) is 1. The largest absolute Gasteiger partial charge is 0.494 e. The van der Waals surface area contributed by atoms with E-state index in [1.807, 2.05) is 41.6 Å². The van der Waals surface area contributed by atoms with Crippen molar-refractivity contribution in [2.24, 2.45) is 5.92 Å². The van der Waals surface area contributed by atoms with Crippen molar-refractivity contribution in [3.63, 3.8) is 0 Å². The van der Waals surface area contributed by atoms with Gasteiger partial charge in [0.2, 0.25) is 5.91 Å². The quantitative estimate of drug-likeness (QED) is 0.471. The van der Waals surface area contributed by atoms with Crippen molar-refractivity contribution >= 4 is 38.2 Å². The number of aromatic nitrogens is 3. The Morgan fingerprint density at radius 2 is 2.21 bits per heavy atom. The molecule has 33 heavy (non-hydrogen) atoms. The van der Waals surface area contributed by atoms with Crippen molar-refractivity contribution in [1.29, 1.82) is 0 Å². The van der Waals surface area contributed by atoms with Gasteiger partial charge in [-0.1, -0.05) is 0 Å². The minimum Gasteiger partial charge on any atom is -0.494 e. The number of H-pyrrole nitrogens is 1. The lowest BCUT2D eigenvalue weighted by Gasteiger charge is -2.32. The molecular formula is C25H26N4O3S. The first-order valence-electron chi connectivity index (χ1n) is 11.2. The second-order valence-electron chi connectivity index (χ2n) is 8.69. The number of rotatable bonds is 5. The van der Waals surface area contributed by atoms with Crippen LogP contribution in [0.5, 0.6) is 5.75 Å². The van der Waals surface area contributed by atoms with E-state index in [1.54, 1.807) is 24.3 Å². The Kier molecular flexibility index (Phi) is 5.85. The molecule has 0 bridgehead atoms. The Morgan fingerprint density at radius 1 is 1.33 bits per heavy atom. The molecule has 1 atom stereocenters. The summed E-state index contributed by atoms with van der Waals surface area (Å²) in [5, 5.41) is 3.61. The molecule has 5 rings (SSSR count). The molecule has 0 spiro atoms. The van der Waals surface area contributed by atoms with Gasteiger partial charge in [-0.3, -0.25) is 14.6 Å². The fourth-order valence-electron chi connectivity index (χ4n) is 4.51. The summed E-state index contributed by atoms with van der Waals surface area (Å²) in [5.74, 6) is 1.72. The number of nitrogens with zero attached hydrogens (tertiary/aromatic N) is 3. The SMILES string of the molecule is CC(=O)N1CCCC(CCOc2cc(C)c3nc(-c4cc5ccsc5cn4)[nH]c(=O)c3c2)C1. The van der Waals surface area contributed by atoms with E-state index in [9.17, 15) is 9.59 Å². The van der Waals surface area contributed by atoms with E-state index in [-0.39, 0.29) is 11.5 Å². The third kappa shape index (κ3) is 4.48. The lowest BCUT2D eigenvalue weighted by Crippen LogP contribution is -2.38. The number of fused-ring (bicyclic) bond motifs is 2. The van der Waals surface area contributed by atoms with Crippen LogP contribution in [0, 0.1) is 12.8 Å². The van der Waals surface area contributed by atoms with Crippen LogP contribution in [0.15, 0.2) is 40.6 Å². The summed E-state index contributed by atoms with van der Waals surface area (Å²) >= 11 is 1.63. The predicted octanol–water partition coefficient (Wildman–Crippen LogP) is 4.54. The van der Waals surface area contributed by atoms with Crippen molar-refractivity contribution in [1.82, 2.24) is 19.9 Å². The Labute approximate surface area is 195 Å². The molecule has 1 N–H and O–H groups in total. The van der Waals surface area contributed by atoms with Gasteiger partial charge < -0.3 is 14.6 Å². The number of likely N-dealkylation sites (tertiary alicyclic amines) is 1. The zero-order valence-electron chi connectivity index (χ0n) is 18.8. The Bertz CT molecular complexity index is 1390. The number of benzene rings is 1. The van der Waals surface area contributed by atoms with E-state index in [1.165, 1.54) is 0 Å². The number of thiophene rings is 1. The molecule has 1 unspecified atom stereocenters. The van der Waals surface area contributed by atoms with Gasteiger partial charge in [0, 0.05) is 26.2 Å². The van der Waals surface area contributed by atoms with Gasteiger partial charge in [0.15, 0.2) is 5.82 Å². The normalized spacial score (nSPS) is 16.4. The summed E-state index contributed by atoms with van der Waals surface area (Å²) in [5.41, 5.74) is 1.97. The van der Waals surface area contributed by atoms with E-state index in [0.29, 0.717) is 40.7 Å². The Morgan fingerprint density at radius 3 is 3.06 bits per heavy atom. The van der Waals surface area contributed by atoms with Gasteiger partial charge in [0.05, 0.1) is 22.2 Å². The predicted molar refractivity (Wildman–Crippen MR) is 131 cm³/mol. The smallest absolute Gasteiger partial charge is 0.259 e. The average molecular weight is 463 g/mol. The van der Waals surface area contributed by atoms with Crippen LogP contribution in [0.25, 0.3) is 32.5 Å². The summed E-state index contributed by atoms with van der Waals surface area (Å²) in [7, 11) is 0. The summed E-state index contributed by atoms with van der Waals surface area (Å²) in [4.78, 5) is 38.5. The molecule has 1 aliphatic heterocycles. The van der Waals surface area contributed by atoms with Crippen LogP contribution in [0.2, 0.25) is 0 Å². The van der Waals surface area contributed by atoms with Gasteiger partial charge >= 0.3 is 0 Å². The first kappa shape index (κ1) is 21.6. The van der Waals surface area contributed by atoms with Crippen molar-refractivity contribution in [2.75, 3.05) is 19.7 Å². The van der Waals surface area contributed by atoms with Crippen molar-refractivity contribution in [2.45, 2.75) is 33.1 Å². The third-order valence-electron chi connectivity index (χ3n) is 6.32. The first-order valence-corrected chi connectivity index (χ1v) is 12.1. The second kappa shape index (κ2) is 8.94. The molecule has 3 aromatic heterocycles. The van der Waals surface area contributed by atoms with Crippen LogP contribution in [-0.2, 0) is 4.79 Å². The van der Waals surface area contributed by atoms with E-state index in [2.05, 4.69) is 9.97 Å². The maximum Gasteiger partial charge on any atom is 0.259 e. The molecule has 0 radical (unpaired) electrons. The molecule has 1 saturated heterocycles. The van der Waals surface area contributed by atoms with E-state index >= 15 is 0 Å². The van der Waals surface area contributed by atoms with Crippen LogP contribution >= 0.6 is 11.3 Å². The second-order valence-corrected chi connectivity index (χ2v) is 9.64. The number of pyridine rings is 1. The number of aromatic amines is 1. The minimum atomic E-state index is -0.208. The zero-order chi connectivity index (χ0) is 22.9. The minimum absolute atomic E-state index is 0.141. The number of hydrogen-bond donors (Lipinski definition) is 1. The maximum absolute atomic E-state index is 12.9. The van der Waals surface area contributed by atoms with E-state index < -0.39 is 0 Å². The summed E-state index contributed by atoms with van der Waals surface area (Å²) in [6.45, 7) is 5.77. The van der Waals surface area contributed by atoms with Crippen molar-refractivity contribution in [3.8, 4) is 17.3 Å². The number of aryl methyl sites for hydroxylation is 1. The van der Waals surface area contributed by atoms with Crippen LogP contribution in [0.1, 0.15) is 31.7 Å². The van der Waals surface area contributed by atoms with Gasteiger partial charge in [-0.25, -0.2) is 4.98 Å². The number of ether oxygens (including phenoxy) is 1. The van der Waals surface area contributed by atoms with Gasteiger partial charge in [0.25, 0.3) is 5.56 Å². The lowest BCUT2D eigenvalue weighted by atomic mass is 9.95. The van der Waals surface area contributed by atoms with Crippen LogP contribution in [-0.4, -0.2) is 45.5 Å². The molecule has 1 fully saturated rings. The topological polar surface area (TPSA) is 88.2 Å². The average Bonchev–Trinajstić information content (AvgIpc) is 3.28. The number of carbonyl (C=O) groups excluding carboxylic acids is 1. The van der Waals surface area contributed by atoms with Crippen molar-refractivity contribution in [3.05, 3.63) is 51.8 Å². The fourth-order valence-corrected chi connectivity index (χ4v) is 5.25. The van der Waals surface area contributed by atoms with E-state index in [4.69, 9.17) is 9.72 Å². The maximum atomic E-state index is 12.9. The molecule has 170 valence electrons. The summed E-state index contributed by atoms with van der Waals surface area (Å²) in [6.07, 6.45) is 4.84. The van der Waals surface area contributed by atoms with Gasteiger partial charge in [-0.15, -0.1) is 11.3 Å². The monoisotopic (exact) mass is 462 g/mol. The molecular weight excluding hydrogens is 436 g/mol. The summed E-state index contributed by atoms with van der Waals surface area (Å²) in [6, 6.07) is 7.67. The molecule has 7 nitrogen and oxygen atoms in total. The number of piperidine rings is 1. The molecule has 8 heteroatoms. The highest BCUT2D eigenvalue weighted by atomic mass is 32.1. The number of hydrogen-bond acceptors (Lipinski definition) is 6. The van der Waals surface area contributed by atoms with Crippen LogP contribution in [0.3, 0.4) is 0 Å². The standard InChI is InChI=1S/C25H26N4O3S/c1-15-10-19(32-8-5-17-4-3-7-29(14-17)16(2)30)12-20-23(15)27-24(28-25(20)31)21-11-18-6-9-33-22(18)13-26-21/h6,9-13,17H,3-5,7-8,14H2,1-2H3,(H,27,28,31).